The van der Waals surface area contributed by atoms with Crippen LogP contribution in [-0.2, 0) is 4.79 Å². The van der Waals surface area contributed by atoms with Crippen LogP contribution < -0.4 is 16.4 Å². The third kappa shape index (κ3) is 4.84. The van der Waals surface area contributed by atoms with Gasteiger partial charge in [-0.15, -0.1) is 0 Å². The lowest BCUT2D eigenvalue weighted by atomic mass is 10.1. The van der Waals surface area contributed by atoms with E-state index in [9.17, 15) is 23.2 Å². The fourth-order valence-electron chi connectivity index (χ4n) is 2.05. The molecule has 6 nitrogen and oxygen atoms in total. The van der Waals surface area contributed by atoms with Gasteiger partial charge in [0, 0.05) is 13.0 Å². The van der Waals surface area contributed by atoms with Gasteiger partial charge in [-0.25, -0.2) is 8.78 Å². The summed E-state index contributed by atoms with van der Waals surface area (Å²) in [5, 5.41) is 4.86. The Hall–Kier alpha value is -3.29. The molecule has 0 heterocycles. The summed E-state index contributed by atoms with van der Waals surface area (Å²) in [5.41, 5.74) is 4.73. The summed E-state index contributed by atoms with van der Waals surface area (Å²) < 4.78 is 26.9. The largest absolute Gasteiger partial charge is 0.370 e. The fraction of sp³-hybridized carbons (Fsp3) is 0.118. The normalized spacial score (nSPS) is 10.2. The lowest BCUT2D eigenvalue weighted by molar-refractivity contribution is -0.117. The van der Waals surface area contributed by atoms with Crippen LogP contribution in [0.25, 0.3) is 0 Å². The van der Waals surface area contributed by atoms with Crippen molar-refractivity contribution in [3.05, 3.63) is 65.2 Å². The van der Waals surface area contributed by atoms with Crippen molar-refractivity contribution >= 4 is 23.4 Å². The molecule has 0 saturated heterocycles. The summed E-state index contributed by atoms with van der Waals surface area (Å²) >= 11 is 0. The van der Waals surface area contributed by atoms with E-state index in [4.69, 9.17) is 5.73 Å². The molecule has 3 amide bonds. The van der Waals surface area contributed by atoms with Gasteiger partial charge in [-0.2, -0.15) is 0 Å². The number of primary amides is 1. The molecule has 0 aromatic heterocycles. The zero-order valence-corrected chi connectivity index (χ0v) is 13.0. The first kappa shape index (κ1) is 18.1. The summed E-state index contributed by atoms with van der Waals surface area (Å²) in [5.74, 6) is -3.65. The number of para-hydroxylation sites is 1. The number of rotatable bonds is 6. The van der Waals surface area contributed by atoms with E-state index in [1.165, 1.54) is 12.1 Å². The molecule has 0 aliphatic heterocycles. The zero-order valence-electron chi connectivity index (χ0n) is 13.0. The minimum Gasteiger partial charge on any atom is -0.370 e. The first-order valence-corrected chi connectivity index (χ1v) is 7.30. The van der Waals surface area contributed by atoms with Gasteiger partial charge in [0.2, 0.25) is 5.91 Å². The third-order valence-electron chi connectivity index (χ3n) is 3.25. The Morgan fingerprint density at radius 1 is 0.960 bits per heavy atom. The number of nitrogens with two attached hydrogens (primary N) is 1. The smallest absolute Gasteiger partial charge is 0.258 e. The van der Waals surface area contributed by atoms with Gasteiger partial charge < -0.3 is 16.4 Å². The predicted octanol–water partition coefficient (Wildman–Crippen LogP) is 1.82. The van der Waals surface area contributed by atoms with Gasteiger partial charge in [-0.05, 0) is 30.3 Å². The number of anilines is 1. The van der Waals surface area contributed by atoms with Crippen molar-refractivity contribution in [3.8, 4) is 0 Å². The molecule has 4 N–H and O–H groups in total. The second kappa shape index (κ2) is 8.00. The van der Waals surface area contributed by atoms with Gasteiger partial charge in [-0.1, -0.05) is 12.1 Å². The second-order valence-corrected chi connectivity index (χ2v) is 5.10. The summed E-state index contributed by atoms with van der Waals surface area (Å²) in [6.07, 6.45) is -0.0330. The Labute approximate surface area is 142 Å². The molecule has 130 valence electrons. The number of carbonyl (C=O) groups is 3. The second-order valence-electron chi connectivity index (χ2n) is 5.10. The molecule has 0 spiro atoms. The number of nitrogens with one attached hydrogen (secondary N) is 2. The minimum absolute atomic E-state index is 0.0330. The van der Waals surface area contributed by atoms with E-state index in [1.54, 1.807) is 12.1 Å². The van der Waals surface area contributed by atoms with Gasteiger partial charge in [0.05, 0.1) is 16.8 Å². The highest BCUT2D eigenvalue weighted by molar-refractivity contribution is 6.09. The highest BCUT2D eigenvalue weighted by atomic mass is 19.1. The van der Waals surface area contributed by atoms with Gasteiger partial charge in [-0.3, -0.25) is 14.4 Å². The summed E-state index contributed by atoms with van der Waals surface area (Å²) in [6.45, 7) is 0.0367. The number of halogens is 2. The molecule has 0 unspecified atom stereocenters. The first-order chi connectivity index (χ1) is 11.9. The number of carbonyl (C=O) groups excluding carboxylic acids is 3. The molecule has 0 bridgehead atoms. The maximum atomic E-state index is 13.7. The van der Waals surface area contributed by atoms with Crippen LogP contribution in [0.2, 0.25) is 0 Å². The minimum atomic E-state index is -0.894. The van der Waals surface area contributed by atoms with E-state index in [2.05, 4.69) is 10.6 Å². The van der Waals surface area contributed by atoms with Crippen LogP contribution in [-0.4, -0.2) is 24.3 Å². The molecule has 0 radical (unpaired) electrons. The Kier molecular flexibility index (Phi) is 5.78. The summed E-state index contributed by atoms with van der Waals surface area (Å²) in [7, 11) is 0. The molecular formula is C17H15F2N3O3. The summed E-state index contributed by atoms with van der Waals surface area (Å²) in [6, 6.07) is 8.52. The van der Waals surface area contributed by atoms with E-state index in [0.29, 0.717) is 0 Å². The van der Waals surface area contributed by atoms with Crippen molar-refractivity contribution in [1.82, 2.24) is 5.32 Å². The lowest BCUT2D eigenvalue weighted by Crippen LogP contribution is -2.29. The van der Waals surface area contributed by atoms with Crippen LogP contribution in [0.1, 0.15) is 27.1 Å². The molecule has 0 fully saturated rings. The Balaban J connectivity index is 2.17. The number of benzene rings is 2. The zero-order chi connectivity index (χ0) is 18.4. The van der Waals surface area contributed by atoms with Crippen LogP contribution in [0.3, 0.4) is 0 Å². The molecular weight excluding hydrogens is 332 g/mol. The van der Waals surface area contributed by atoms with Crippen LogP contribution in [0.15, 0.2) is 42.5 Å². The molecule has 0 saturated carbocycles. The fourth-order valence-corrected chi connectivity index (χ4v) is 2.05. The van der Waals surface area contributed by atoms with Crippen molar-refractivity contribution in [3.63, 3.8) is 0 Å². The van der Waals surface area contributed by atoms with Gasteiger partial charge in [0.25, 0.3) is 11.8 Å². The average molecular weight is 347 g/mol. The number of hydrogen-bond donors (Lipinski definition) is 3. The molecule has 0 aliphatic carbocycles. The Morgan fingerprint density at radius 2 is 1.68 bits per heavy atom. The molecule has 2 rings (SSSR count). The van der Waals surface area contributed by atoms with Crippen molar-refractivity contribution in [2.45, 2.75) is 6.42 Å². The molecule has 0 aliphatic rings. The van der Waals surface area contributed by atoms with Crippen LogP contribution in [0, 0.1) is 11.6 Å². The highest BCUT2D eigenvalue weighted by Gasteiger charge is 2.17. The highest BCUT2D eigenvalue weighted by Crippen LogP contribution is 2.18. The lowest BCUT2D eigenvalue weighted by Gasteiger charge is -2.11. The molecule has 2 aromatic rings. The monoisotopic (exact) mass is 347 g/mol. The van der Waals surface area contributed by atoms with E-state index in [-0.39, 0.29) is 24.2 Å². The third-order valence-corrected chi connectivity index (χ3v) is 3.25. The summed E-state index contributed by atoms with van der Waals surface area (Å²) in [4.78, 5) is 35.0. The first-order valence-electron chi connectivity index (χ1n) is 7.30. The molecule has 2 aromatic carbocycles. The quantitative estimate of drug-likeness (QED) is 0.743. The number of amides is 3. The number of hydrogen-bond acceptors (Lipinski definition) is 3. The van der Waals surface area contributed by atoms with Crippen LogP contribution in [0.4, 0.5) is 14.5 Å². The van der Waals surface area contributed by atoms with E-state index in [1.807, 2.05) is 0 Å². The Bertz CT molecular complexity index is 825. The van der Waals surface area contributed by atoms with Crippen molar-refractivity contribution in [1.29, 1.82) is 0 Å². The van der Waals surface area contributed by atoms with Crippen molar-refractivity contribution < 1.29 is 23.2 Å². The van der Waals surface area contributed by atoms with E-state index >= 15 is 0 Å². The Morgan fingerprint density at radius 3 is 2.40 bits per heavy atom. The average Bonchev–Trinajstić information content (AvgIpc) is 2.57. The van der Waals surface area contributed by atoms with Gasteiger partial charge in [0.15, 0.2) is 0 Å². The topological polar surface area (TPSA) is 101 Å². The van der Waals surface area contributed by atoms with Crippen molar-refractivity contribution in [2.24, 2.45) is 5.73 Å². The molecule has 0 atom stereocenters. The van der Waals surface area contributed by atoms with Gasteiger partial charge >= 0.3 is 0 Å². The predicted molar refractivity (Wildman–Crippen MR) is 86.9 cm³/mol. The maximum absolute atomic E-state index is 13.7. The SMILES string of the molecule is NC(=O)CCNC(=O)c1ccccc1NC(=O)c1cc(F)ccc1F. The van der Waals surface area contributed by atoms with E-state index < -0.39 is 34.9 Å². The maximum Gasteiger partial charge on any atom is 0.258 e. The van der Waals surface area contributed by atoms with Crippen LogP contribution in [0.5, 0.6) is 0 Å². The molecule has 25 heavy (non-hydrogen) atoms. The standard InChI is InChI=1S/C17H15F2N3O3/c18-10-5-6-13(19)12(9-10)17(25)22-14-4-2-1-3-11(14)16(24)21-8-7-15(20)23/h1-6,9H,7-8H2,(H2,20,23)(H,21,24)(H,22,25). The van der Waals surface area contributed by atoms with E-state index in [0.717, 1.165) is 18.2 Å². The van der Waals surface area contributed by atoms with Crippen LogP contribution >= 0.6 is 0 Å². The molecule has 8 heteroatoms. The van der Waals surface area contributed by atoms with Crippen molar-refractivity contribution in [2.75, 3.05) is 11.9 Å². The van der Waals surface area contributed by atoms with Gasteiger partial charge in [0.1, 0.15) is 11.6 Å².